The molecule has 1 fully saturated rings. The first kappa shape index (κ1) is 24.5. The maximum atomic E-state index is 13.0. The van der Waals surface area contributed by atoms with Crippen LogP contribution in [0.2, 0.25) is 0 Å². The van der Waals surface area contributed by atoms with Gasteiger partial charge in [-0.05, 0) is 61.7 Å². The molecule has 35 heavy (non-hydrogen) atoms. The summed E-state index contributed by atoms with van der Waals surface area (Å²) in [6.07, 6.45) is 0.849. The lowest BCUT2D eigenvalue weighted by Gasteiger charge is -2.30. The minimum absolute atomic E-state index is 0.0145. The third-order valence-electron chi connectivity index (χ3n) is 6.29. The average Bonchev–Trinajstić information content (AvgIpc) is 2.90. The van der Waals surface area contributed by atoms with Crippen LogP contribution in [0.15, 0.2) is 83.8 Å². The zero-order chi connectivity index (χ0) is 24.8. The molecule has 0 aromatic heterocycles. The Bertz CT molecular complexity index is 1310. The van der Waals surface area contributed by atoms with Crippen molar-refractivity contribution >= 4 is 27.3 Å². The van der Waals surface area contributed by atoms with Crippen molar-refractivity contribution in [3.8, 4) is 6.07 Å². The molecule has 4 rings (SSSR count). The van der Waals surface area contributed by atoms with E-state index in [1.54, 1.807) is 12.1 Å². The fraction of sp³-hybridized carbons (Fsp3) is 0.259. The van der Waals surface area contributed by atoms with Gasteiger partial charge in [0.05, 0.1) is 10.5 Å². The summed E-state index contributed by atoms with van der Waals surface area (Å²) in [6, 6.07) is 26.0. The molecular weight excluding hydrogens is 460 g/mol. The highest BCUT2D eigenvalue weighted by Crippen LogP contribution is 2.27. The number of anilines is 2. The third-order valence-corrected chi connectivity index (χ3v) is 8.24. The second-order valence-electron chi connectivity index (χ2n) is 8.63. The van der Waals surface area contributed by atoms with Crippen LogP contribution in [0, 0.1) is 17.2 Å². The highest BCUT2D eigenvalue weighted by molar-refractivity contribution is 7.89. The standard InChI is InChI=1S/C27H28N4O3S/c1-20(21-7-3-2-4-8-21)29-24-11-13-25(14-12-24)30-27(32)22-15-17-31(18-16-22)35(33,34)26-10-6-5-9-23(26)19-28/h2-14,20,22,29H,15-18H2,1H3,(H,30,32). The Morgan fingerprint density at radius 3 is 2.20 bits per heavy atom. The average molecular weight is 489 g/mol. The molecule has 1 aliphatic heterocycles. The summed E-state index contributed by atoms with van der Waals surface area (Å²) in [4.78, 5) is 12.8. The van der Waals surface area contributed by atoms with Crippen LogP contribution in [0.4, 0.5) is 11.4 Å². The van der Waals surface area contributed by atoms with Crippen LogP contribution in [-0.4, -0.2) is 31.7 Å². The molecule has 3 aromatic rings. The van der Waals surface area contributed by atoms with Crippen LogP contribution < -0.4 is 10.6 Å². The summed E-state index contributed by atoms with van der Waals surface area (Å²) in [6.45, 7) is 2.57. The topological polar surface area (TPSA) is 102 Å². The molecule has 3 aromatic carbocycles. The Kier molecular flexibility index (Phi) is 7.49. The van der Waals surface area contributed by atoms with Crippen molar-refractivity contribution in [1.29, 1.82) is 5.26 Å². The molecule has 180 valence electrons. The van der Waals surface area contributed by atoms with Crippen LogP contribution in [0.1, 0.15) is 36.9 Å². The number of benzene rings is 3. The van der Waals surface area contributed by atoms with Crippen molar-refractivity contribution in [2.24, 2.45) is 5.92 Å². The summed E-state index contributed by atoms with van der Waals surface area (Å²) in [7, 11) is -3.78. The van der Waals surface area contributed by atoms with Gasteiger partial charge < -0.3 is 10.6 Å². The maximum absolute atomic E-state index is 13.0. The summed E-state index contributed by atoms with van der Waals surface area (Å²) in [5.41, 5.74) is 2.97. The molecule has 7 nitrogen and oxygen atoms in total. The number of nitrogens with one attached hydrogen (secondary N) is 2. The van der Waals surface area contributed by atoms with Gasteiger partial charge >= 0.3 is 0 Å². The zero-order valence-corrected chi connectivity index (χ0v) is 20.3. The number of hydrogen-bond donors (Lipinski definition) is 2. The first-order valence-electron chi connectivity index (χ1n) is 11.6. The van der Waals surface area contributed by atoms with Gasteiger partial charge in [0, 0.05) is 36.4 Å². The molecule has 0 bridgehead atoms. The molecule has 0 spiro atoms. The van der Waals surface area contributed by atoms with E-state index in [1.165, 1.54) is 22.0 Å². The van der Waals surface area contributed by atoms with Gasteiger partial charge in [-0.15, -0.1) is 0 Å². The van der Waals surface area contributed by atoms with E-state index in [4.69, 9.17) is 0 Å². The zero-order valence-electron chi connectivity index (χ0n) is 19.5. The Labute approximate surface area is 206 Å². The summed E-state index contributed by atoms with van der Waals surface area (Å²) in [5, 5.41) is 15.7. The molecule has 1 atom stereocenters. The summed E-state index contributed by atoms with van der Waals surface area (Å²) in [5.74, 6) is -0.388. The number of amides is 1. The van der Waals surface area contributed by atoms with E-state index < -0.39 is 10.0 Å². The van der Waals surface area contributed by atoms with Crippen LogP contribution in [-0.2, 0) is 14.8 Å². The van der Waals surface area contributed by atoms with Crippen LogP contribution in [0.3, 0.4) is 0 Å². The van der Waals surface area contributed by atoms with Crippen LogP contribution >= 0.6 is 0 Å². The van der Waals surface area contributed by atoms with Gasteiger partial charge in [-0.1, -0.05) is 42.5 Å². The lowest BCUT2D eigenvalue weighted by molar-refractivity contribution is -0.120. The molecule has 1 aliphatic rings. The highest BCUT2D eigenvalue weighted by atomic mass is 32.2. The molecule has 2 N–H and O–H groups in total. The quantitative estimate of drug-likeness (QED) is 0.499. The van der Waals surface area contributed by atoms with Gasteiger partial charge in [0.15, 0.2) is 0 Å². The van der Waals surface area contributed by atoms with Crippen molar-refractivity contribution < 1.29 is 13.2 Å². The van der Waals surface area contributed by atoms with Gasteiger partial charge in [0.1, 0.15) is 6.07 Å². The Morgan fingerprint density at radius 2 is 1.54 bits per heavy atom. The van der Waals surface area contributed by atoms with E-state index >= 15 is 0 Å². The fourth-order valence-corrected chi connectivity index (χ4v) is 5.86. The summed E-state index contributed by atoms with van der Waals surface area (Å²) >= 11 is 0. The number of carbonyl (C=O) groups excluding carboxylic acids is 1. The summed E-state index contributed by atoms with van der Waals surface area (Å²) < 4.78 is 27.4. The van der Waals surface area contributed by atoms with Crippen molar-refractivity contribution in [3.05, 3.63) is 90.0 Å². The molecule has 1 amide bonds. The van der Waals surface area contributed by atoms with Gasteiger partial charge in [0.25, 0.3) is 0 Å². The van der Waals surface area contributed by atoms with Gasteiger partial charge in [-0.2, -0.15) is 9.57 Å². The van der Waals surface area contributed by atoms with E-state index in [0.717, 1.165) is 5.69 Å². The fourth-order valence-electron chi connectivity index (χ4n) is 4.25. The molecule has 1 unspecified atom stereocenters. The second-order valence-corrected chi connectivity index (χ2v) is 10.5. The third kappa shape index (κ3) is 5.70. The minimum atomic E-state index is -3.78. The number of nitrogens with zero attached hydrogens (tertiary/aromatic N) is 2. The van der Waals surface area contributed by atoms with Gasteiger partial charge in [-0.3, -0.25) is 4.79 Å². The van der Waals surface area contributed by atoms with Gasteiger partial charge in [-0.25, -0.2) is 8.42 Å². The van der Waals surface area contributed by atoms with Crippen molar-refractivity contribution in [2.45, 2.75) is 30.7 Å². The van der Waals surface area contributed by atoms with Crippen LogP contribution in [0.25, 0.3) is 0 Å². The number of carbonyl (C=O) groups is 1. The SMILES string of the molecule is CC(Nc1ccc(NC(=O)C2CCN(S(=O)(=O)c3ccccc3C#N)CC2)cc1)c1ccccc1. The predicted molar refractivity (Wildman–Crippen MR) is 136 cm³/mol. The maximum Gasteiger partial charge on any atom is 0.244 e. The Balaban J connectivity index is 1.32. The predicted octanol–water partition coefficient (Wildman–Crippen LogP) is 4.77. The molecular formula is C27H28N4O3S. The second kappa shape index (κ2) is 10.7. The molecule has 0 aliphatic carbocycles. The minimum Gasteiger partial charge on any atom is -0.379 e. The van der Waals surface area contributed by atoms with E-state index in [0.29, 0.717) is 18.5 Å². The number of piperidine rings is 1. The van der Waals surface area contributed by atoms with E-state index in [1.807, 2.05) is 48.5 Å². The monoisotopic (exact) mass is 488 g/mol. The smallest absolute Gasteiger partial charge is 0.244 e. The van der Waals surface area contributed by atoms with Crippen molar-refractivity contribution in [1.82, 2.24) is 4.31 Å². The lowest BCUT2D eigenvalue weighted by Crippen LogP contribution is -2.41. The van der Waals surface area contributed by atoms with E-state index in [9.17, 15) is 18.5 Å². The molecule has 0 saturated carbocycles. The number of hydrogen-bond acceptors (Lipinski definition) is 5. The first-order valence-corrected chi connectivity index (χ1v) is 13.0. The largest absolute Gasteiger partial charge is 0.379 e. The lowest BCUT2D eigenvalue weighted by atomic mass is 9.97. The Hall–Kier alpha value is -3.67. The number of rotatable bonds is 7. The first-order chi connectivity index (χ1) is 16.9. The normalized spacial score (nSPS) is 15.7. The van der Waals surface area contributed by atoms with Crippen LogP contribution in [0.5, 0.6) is 0 Å². The Morgan fingerprint density at radius 1 is 0.943 bits per heavy atom. The van der Waals surface area contributed by atoms with Crippen molar-refractivity contribution in [2.75, 3.05) is 23.7 Å². The number of nitriles is 1. The molecule has 8 heteroatoms. The van der Waals surface area contributed by atoms with E-state index in [-0.39, 0.29) is 41.4 Å². The molecule has 1 heterocycles. The highest BCUT2D eigenvalue weighted by Gasteiger charge is 2.33. The van der Waals surface area contributed by atoms with Gasteiger partial charge in [0.2, 0.25) is 15.9 Å². The molecule has 1 saturated heterocycles. The van der Waals surface area contributed by atoms with E-state index in [2.05, 4.69) is 29.7 Å². The van der Waals surface area contributed by atoms with Crippen molar-refractivity contribution in [3.63, 3.8) is 0 Å². The number of sulfonamides is 1. The molecule has 0 radical (unpaired) electrons.